The van der Waals surface area contributed by atoms with Crippen LogP contribution < -0.4 is 5.32 Å². The molecule has 212 valence electrons. The minimum absolute atomic E-state index is 0.0920. The number of alkyl halides is 3. The lowest BCUT2D eigenvalue weighted by atomic mass is 9.88. The molecule has 0 bridgehead atoms. The fourth-order valence-electron chi connectivity index (χ4n) is 5.21. The van der Waals surface area contributed by atoms with E-state index in [1.807, 2.05) is 66.7 Å². The third kappa shape index (κ3) is 5.82. The molecular weight excluding hydrogens is 535 g/mol. The molecule has 2 unspecified atom stereocenters. The van der Waals surface area contributed by atoms with E-state index in [0.29, 0.717) is 0 Å². The smallest absolute Gasteiger partial charge is 0.416 e. The molecule has 41 heavy (non-hydrogen) atoms. The first-order valence-corrected chi connectivity index (χ1v) is 13.1. The van der Waals surface area contributed by atoms with E-state index in [2.05, 4.69) is 5.32 Å². The number of β-lactam (4-membered cyclic amide) rings is 1. The maximum atomic E-state index is 13.6. The van der Waals surface area contributed by atoms with Gasteiger partial charge in [-0.2, -0.15) is 13.2 Å². The summed E-state index contributed by atoms with van der Waals surface area (Å²) >= 11 is 0. The SMILES string of the molecule is CC(C(=O)NCc1cccc(C(F)(F)F)c1)N1C(=O)[C@@H](N2C(=O)OCC2c2ccccc2)[C@H]1/C=C/c1ccccc1. The minimum atomic E-state index is -4.50. The monoisotopic (exact) mass is 563 g/mol. The van der Waals surface area contributed by atoms with E-state index >= 15 is 0 Å². The summed E-state index contributed by atoms with van der Waals surface area (Å²) in [7, 11) is 0. The molecule has 2 saturated heterocycles. The van der Waals surface area contributed by atoms with E-state index in [4.69, 9.17) is 4.74 Å². The summed E-state index contributed by atoms with van der Waals surface area (Å²) in [6.07, 6.45) is -1.51. The molecule has 2 aliphatic rings. The van der Waals surface area contributed by atoms with Crippen LogP contribution in [0.2, 0.25) is 0 Å². The van der Waals surface area contributed by atoms with Crippen LogP contribution in [0.5, 0.6) is 0 Å². The molecule has 3 amide bonds. The molecule has 3 aromatic carbocycles. The summed E-state index contributed by atoms with van der Waals surface area (Å²) in [5.41, 5.74) is 1.16. The van der Waals surface area contributed by atoms with Gasteiger partial charge < -0.3 is 15.0 Å². The Morgan fingerprint density at radius 3 is 2.39 bits per heavy atom. The second-order valence-corrected chi connectivity index (χ2v) is 9.95. The molecule has 2 aliphatic heterocycles. The number of halogens is 3. The number of amides is 3. The first-order valence-electron chi connectivity index (χ1n) is 13.1. The van der Waals surface area contributed by atoms with Crippen LogP contribution in [0, 0.1) is 0 Å². The summed E-state index contributed by atoms with van der Waals surface area (Å²) in [6.45, 7) is 1.50. The van der Waals surface area contributed by atoms with Crippen LogP contribution in [-0.4, -0.2) is 52.4 Å². The van der Waals surface area contributed by atoms with Gasteiger partial charge in [0, 0.05) is 6.54 Å². The molecule has 1 N–H and O–H groups in total. The van der Waals surface area contributed by atoms with Gasteiger partial charge in [0.25, 0.3) is 0 Å². The number of nitrogens with zero attached hydrogens (tertiary/aromatic N) is 2. The highest BCUT2D eigenvalue weighted by Gasteiger charge is 2.57. The molecule has 0 aliphatic carbocycles. The Kier molecular flexibility index (Phi) is 7.83. The van der Waals surface area contributed by atoms with Crippen molar-refractivity contribution in [2.24, 2.45) is 0 Å². The Morgan fingerprint density at radius 1 is 1.02 bits per heavy atom. The Balaban J connectivity index is 1.37. The highest BCUT2D eigenvalue weighted by molar-refractivity contribution is 5.98. The average Bonchev–Trinajstić information content (AvgIpc) is 3.34. The van der Waals surface area contributed by atoms with Crippen molar-refractivity contribution in [1.82, 2.24) is 15.1 Å². The van der Waals surface area contributed by atoms with Crippen LogP contribution in [-0.2, 0) is 27.0 Å². The fourth-order valence-corrected chi connectivity index (χ4v) is 5.21. The standard InChI is InChI=1S/C31H28F3N3O4/c1-20(28(38)35-18-22-11-8-14-24(17-22)31(32,33)34)36-25(16-15-21-9-4-2-5-10-21)27(29(36)39)37-26(19-41-30(37)40)23-12-6-3-7-13-23/h2-17,20,25-27H,18-19H2,1H3,(H,35,38)/b16-15+/t20?,25-,26?,27+/m1/s1. The van der Waals surface area contributed by atoms with Crippen molar-refractivity contribution in [3.63, 3.8) is 0 Å². The molecule has 0 aromatic heterocycles. The zero-order valence-electron chi connectivity index (χ0n) is 22.1. The van der Waals surface area contributed by atoms with E-state index in [9.17, 15) is 27.6 Å². The molecule has 2 fully saturated rings. The number of hydrogen-bond acceptors (Lipinski definition) is 4. The summed E-state index contributed by atoms with van der Waals surface area (Å²) in [5.74, 6) is -0.954. The van der Waals surface area contributed by atoms with Gasteiger partial charge in [-0.15, -0.1) is 0 Å². The Hall–Kier alpha value is -4.60. The summed E-state index contributed by atoms with van der Waals surface area (Å²) in [4.78, 5) is 42.4. The Bertz CT molecular complexity index is 1450. The highest BCUT2D eigenvalue weighted by atomic mass is 19.4. The number of benzene rings is 3. The molecule has 0 spiro atoms. The molecule has 0 radical (unpaired) electrons. The van der Waals surface area contributed by atoms with Gasteiger partial charge in [0.2, 0.25) is 11.8 Å². The van der Waals surface area contributed by atoms with E-state index in [-0.39, 0.29) is 18.7 Å². The third-order valence-corrected chi connectivity index (χ3v) is 7.35. The lowest BCUT2D eigenvalue weighted by Crippen LogP contribution is -2.73. The van der Waals surface area contributed by atoms with Crippen molar-refractivity contribution in [2.75, 3.05) is 6.61 Å². The lowest BCUT2D eigenvalue weighted by molar-refractivity contribution is -0.162. The molecule has 10 heteroatoms. The number of hydrogen-bond donors (Lipinski definition) is 1. The van der Waals surface area contributed by atoms with Crippen molar-refractivity contribution in [1.29, 1.82) is 0 Å². The van der Waals surface area contributed by atoms with Gasteiger partial charge in [0.1, 0.15) is 18.7 Å². The predicted octanol–water partition coefficient (Wildman–Crippen LogP) is 5.20. The van der Waals surface area contributed by atoms with Crippen molar-refractivity contribution in [3.8, 4) is 0 Å². The zero-order chi connectivity index (χ0) is 29.1. The number of carbonyl (C=O) groups is 3. The van der Waals surface area contributed by atoms with Crippen molar-refractivity contribution < 1.29 is 32.3 Å². The summed E-state index contributed by atoms with van der Waals surface area (Å²) in [5, 5.41) is 2.64. The van der Waals surface area contributed by atoms with Crippen LogP contribution >= 0.6 is 0 Å². The van der Waals surface area contributed by atoms with Crippen molar-refractivity contribution >= 4 is 24.0 Å². The number of carbonyl (C=O) groups excluding carboxylic acids is 3. The van der Waals surface area contributed by atoms with Gasteiger partial charge in [-0.05, 0) is 35.7 Å². The van der Waals surface area contributed by atoms with Crippen LogP contribution in [0.3, 0.4) is 0 Å². The average molecular weight is 564 g/mol. The van der Waals surface area contributed by atoms with Crippen LogP contribution in [0.1, 0.15) is 35.2 Å². The van der Waals surface area contributed by atoms with Gasteiger partial charge >= 0.3 is 12.3 Å². The Morgan fingerprint density at radius 2 is 1.71 bits per heavy atom. The number of likely N-dealkylation sites (tertiary alicyclic amines) is 1. The van der Waals surface area contributed by atoms with Gasteiger partial charge in [0.15, 0.2) is 0 Å². The molecular formula is C31H28F3N3O4. The fraction of sp³-hybridized carbons (Fsp3) is 0.258. The number of nitrogens with one attached hydrogen (secondary N) is 1. The van der Waals surface area contributed by atoms with Gasteiger partial charge in [-0.25, -0.2) is 4.79 Å². The molecule has 3 aromatic rings. The van der Waals surface area contributed by atoms with Crippen LogP contribution in [0.25, 0.3) is 6.08 Å². The topological polar surface area (TPSA) is 79.0 Å². The lowest BCUT2D eigenvalue weighted by Gasteiger charge is -2.51. The number of ether oxygens (including phenoxy) is 1. The number of cyclic esters (lactones) is 1. The van der Waals surface area contributed by atoms with Gasteiger partial charge in [-0.1, -0.05) is 84.9 Å². The second kappa shape index (κ2) is 11.5. The Labute approximate surface area is 235 Å². The minimum Gasteiger partial charge on any atom is -0.447 e. The van der Waals surface area contributed by atoms with E-state index in [1.165, 1.54) is 21.9 Å². The van der Waals surface area contributed by atoms with Gasteiger partial charge in [0.05, 0.1) is 17.6 Å². The number of rotatable bonds is 8. The third-order valence-electron chi connectivity index (χ3n) is 7.35. The second-order valence-electron chi connectivity index (χ2n) is 9.95. The predicted molar refractivity (Wildman–Crippen MR) is 145 cm³/mol. The van der Waals surface area contributed by atoms with E-state index in [1.54, 1.807) is 13.0 Å². The van der Waals surface area contributed by atoms with E-state index in [0.717, 1.165) is 23.3 Å². The van der Waals surface area contributed by atoms with Crippen molar-refractivity contribution in [2.45, 2.75) is 43.8 Å². The van der Waals surface area contributed by atoms with E-state index < -0.39 is 53.8 Å². The maximum absolute atomic E-state index is 13.6. The molecule has 2 heterocycles. The largest absolute Gasteiger partial charge is 0.447 e. The highest BCUT2D eigenvalue weighted by Crippen LogP contribution is 2.38. The van der Waals surface area contributed by atoms with Gasteiger partial charge in [-0.3, -0.25) is 14.5 Å². The van der Waals surface area contributed by atoms with Crippen LogP contribution in [0.15, 0.2) is 91.0 Å². The van der Waals surface area contributed by atoms with Crippen molar-refractivity contribution in [3.05, 3.63) is 113 Å². The summed E-state index contributed by atoms with van der Waals surface area (Å²) < 4.78 is 44.6. The molecule has 4 atom stereocenters. The quantitative estimate of drug-likeness (QED) is 0.383. The molecule has 7 nitrogen and oxygen atoms in total. The maximum Gasteiger partial charge on any atom is 0.416 e. The molecule has 5 rings (SSSR count). The first-order chi connectivity index (χ1) is 19.6. The summed E-state index contributed by atoms with van der Waals surface area (Å²) in [6, 6.07) is 20.4. The first kappa shape index (κ1) is 27.9. The van der Waals surface area contributed by atoms with Crippen LogP contribution in [0.4, 0.5) is 18.0 Å². The zero-order valence-corrected chi connectivity index (χ0v) is 22.1. The normalized spacial score (nSPS) is 21.5. The molecule has 0 saturated carbocycles.